The number of carbonyl (C=O) groups excluding carboxylic acids is 2. The van der Waals surface area contributed by atoms with Crippen molar-refractivity contribution in [2.75, 3.05) is 13.2 Å². The van der Waals surface area contributed by atoms with Crippen LogP contribution >= 0.6 is 0 Å². The van der Waals surface area contributed by atoms with E-state index < -0.39 is 24.2 Å². The van der Waals surface area contributed by atoms with Crippen LogP contribution in [0.25, 0.3) is 0 Å². The van der Waals surface area contributed by atoms with Crippen molar-refractivity contribution in [3.05, 3.63) is 76.9 Å². The Kier molecular flexibility index (Phi) is 7.34. The lowest BCUT2D eigenvalue weighted by Crippen LogP contribution is -2.55. The summed E-state index contributed by atoms with van der Waals surface area (Å²) in [6.07, 6.45) is 1.01. The highest BCUT2D eigenvalue weighted by atomic mass is 16.5. The number of para-hydroxylation sites is 1. The van der Waals surface area contributed by atoms with E-state index in [0.29, 0.717) is 30.7 Å². The molecule has 0 saturated carbocycles. The van der Waals surface area contributed by atoms with Crippen molar-refractivity contribution in [3.63, 3.8) is 0 Å². The summed E-state index contributed by atoms with van der Waals surface area (Å²) >= 11 is 0. The topological polar surface area (TPSA) is 99.1 Å². The molecule has 1 aliphatic heterocycles. The Bertz CT molecular complexity index is 1060. The molecule has 4 atom stereocenters. The number of amides is 2. The summed E-state index contributed by atoms with van der Waals surface area (Å²) in [6, 6.07) is 14.6. The van der Waals surface area contributed by atoms with Crippen LogP contribution in [0.3, 0.4) is 0 Å². The monoisotopic (exact) mass is 464 g/mol. The minimum Gasteiger partial charge on any atom is -0.486 e. The molecular weight excluding hydrogens is 432 g/mol. The lowest BCUT2D eigenvalue weighted by Gasteiger charge is -2.41. The van der Waals surface area contributed by atoms with Crippen molar-refractivity contribution >= 4 is 11.8 Å². The van der Waals surface area contributed by atoms with Gasteiger partial charge in [-0.2, -0.15) is 0 Å². The van der Waals surface area contributed by atoms with Gasteiger partial charge < -0.3 is 25.2 Å². The van der Waals surface area contributed by atoms with Crippen molar-refractivity contribution in [3.8, 4) is 5.75 Å². The molecule has 0 saturated heterocycles. The van der Waals surface area contributed by atoms with Gasteiger partial charge >= 0.3 is 0 Å². The zero-order valence-corrected chi connectivity index (χ0v) is 19.6. The minimum atomic E-state index is -1.02. The molecule has 1 aliphatic carbocycles. The molecule has 3 N–H and O–H groups in total. The number of ether oxygens (including phenoxy) is 1. The average molecular weight is 465 g/mol. The first-order valence-corrected chi connectivity index (χ1v) is 11.8. The molecule has 0 aromatic heterocycles. The standard InChI is InChI=1S/C27H32N2O5/c1-3-6-23(31)29(16-18-11-9-17(2)10-12-18)21-15-20(27(33)28-13-14-30)24-19-7-4-5-8-22(19)34-26(24)25(21)32/h4-5,7-12,15,21,24-26,30,32H,3,6,13-14,16H2,1-2H3,(H,28,33)/t21-,24+,25+,26+/m1/s1. The Labute approximate surface area is 200 Å². The van der Waals surface area contributed by atoms with Crippen molar-refractivity contribution in [1.82, 2.24) is 10.2 Å². The first-order valence-electron chi connectivity index (χ1n) is 11.8. The zero-order chi connectivity index (χ0) is 24.2. The predicted octanol–water partition coefficient (Wildman–Crippen LogP) is 2.45. The third-order valence-electron chi connectivity index (χ3n) is 6.49. The first kappa shape index (κ1) is 24.0. The van der Waals surface area contributed by atoms with Gasteiger partial charge in [-0.3, -0.25) is 9.59 Å². The minimum absolute atomic E-state index is 0.0903. The molecule has 0 bridgehead atoms. The number of hydrogen-bond donors (Lipinski definition) is 3. The summed E-state index contributed by atoms with van der Waals surface area (Å²) < 4.78 is 6.14. The number of rotatable bonds is 8. The van der Waals surface area contributed by atoms with Crippen LogP contribution < -0.4 is 10.1 Å². The second-order valence-electron chi connectivity index (χ2n) is 8.94. The van der Waals surface area contributed by atoms with E-state index in [2.05, 4.69) is 5.32 Å². The number of carbonyl (C=O) groups is 2. The number of nitrogens with one attached hydrogen (secondary N) is 1. The molecule has 34 heavy (non-hydrogen) atoms. The van der Waals surface area contributed by atoms with Gasteiger partial charge in [0.1, 0.15) is 18.0 Å². The summed E-state index contributed by atoms with van der Waals surface area (Å²) in [4.78, 5) is 28.0. The van der Waals surface area contributed by atoms with E-state index in [4.69, 9.17) is 4.74 Å². The van der Waals surface area contributed by atoms with Gasteiger partial charge in [-0.25, -0.2) is 0 Å². The number of hydrogen-bond acceptors (Lipinski definition) is 5. The Morgan fingerprint density at radius 3 is 2.56 bits per heavy atom. The molecule has 2 amide bonds. The first-order chi connectivity index (χ1) is 16.4. The largest absolute Gasteiger partial charge is 0.486 e. The molecule has 180 valence electrons. The Morgan fingerprint density at radius 2 is 1.85 bits per heavy atom. The van der Waals surface area contributed by atoms with Crippen molar-refractivity contribution in [2.24, 2.45) is 0 Å². The molecular formula is C27H32N2O5. The number of nitrogens with zero attached hydrogens (tertiary/aromatic N) is 1. The molecule has 2 aromatic rings. The van der Waals surface area contributed by atoms with Crippen LogP contribution in [0.5, 0.6) is 5.75 Å². The molecule has 7 nitrogen and oxygen atoms in total. The molecule has 4 rings (SSSR count). The van der Waals surface area contributed by atoms with E-state index in [9.17, 15) is 19.8 Å². The lowest BCUT2D eigenvalue weighted by molar-refractivity contribution is -0.138. The average Bonchev–Trinajstić information content (AvgIpc) is 3.23. The maximum Gasteiger partial charge on any atom is 0.247 e. The summed E-state index contributed by atoms with van der Waals surface area (Å²) in [5.74, 6) is -0.251. The van der Waals surface area contributed by atoms with Gasteiger partial charge in [0.15, 0.2) is 0 Å². The van der Waals surface area contributed by atoms with Crippen molar-refractivity contribution in [2.45, 2.75) is 57.4 Å². The van der Waals surface area contributed by atoms with Gasteiger partial charge in [0.05, 0.1) is 18.6 Å². The van der Waals surface area contributed by atoms with Crippen LogP contribution in [-0.4, -0.2) is 58.3 Å². The Balaban J connectivity index is 1.74. The van der Waals surface area contributed by atoms with Gasteiger partial charge in [0, 0.05) is 30.6 Å². The second kappa shape index (κ2) is 10.4. The van der Waals surface area contributed by atoms with Crippen LogP contribution in [0, 0.1) is 6.92 Å². The maximum absolute atomic E-state index is 13.2. The van der Waals surface area contributed by atoms with E-state index in [1.807, 2.05) is 62.4 Å². The van der Waals surface area contributed by atoms with E-state index in [-0.39, 0.29) is 25.0 Å². The SMILES string of the molecule is CCCC(=O)N(Cc1ccc(C)cc1)[C@@H]1C=C(C(=O)NCCO)[C@@H]2c3ccccc3O[C@@H]2[C@H]1O. The summed E-state index contributed by atoms with van der Waals surface area (Å²) in [5.41, 5.74) is 3.34. The smallest absolute Gasteiger partial charge is 0.247 e. The molecule has 0 fully saturated rings. The Hall–Kier alpha value is -3.16. The van der Waals surface area contributed by atoms with Crippen LogP contribution in [-0.2, 0) is 16.1 Å². The Morgan fingerprint density at radius 1 is 1.12 bits per heavy atom. The van der Waals surface area contributed by atoms with Gasteiger partial charge in [0.2, 0.25) is 11.8 Å². The van der Waals surface area contributed by atoms with E-state index in [1.54, 1.807) is 11.0 Å². The summed E-state index contributed by atoms with van der Waals surface area (Å²) in [6.45, 7) is 4.19. The van der Waals surface area contributed by atoms with Gasteiger partial charge in [-0.15, -0.1) is 0 Å². The van der Waals surface area contributed by atoms with Crippen molar-refractivity contribution < 1.29 is 24.5 Å². The number of aliphatic hydroxyl groups is 2. The highest BCUT2D eigenvalue weighted by Crippen LogP contribution is 2.47. The molecule has 2 aliphatic rings. The maximum atomic E-state index is 13.2. The van der Waals surface area contributed by atoms with Crippen LogP contribution in [0.15, 0.2) is 60.2 Å². The van der Waals surface area contributed by atoms with Crippen molar-refractivity contribution in [1.29, 1.82) is 0 Å². The fraction of sp³-hybridized carbons (Fsp3) is 0.407. The van der Waals surface area contributed by atoms with E-state index >= 15 is 0 Å². The molecule has 1 heterocycles. The third kappa shape index (κ3) is 4.72. The summed E-state index contributed by atoms with van der Waals surface area (Å²) in [5, 5.41) is 23.4. The molecule has 0 spiro atoms. The van der Waals surface area contributed by atoms with E-state index in [0.717, 1.165) is 16.7 Å². The molecule has 2 aromatic carbocycles. The van der Waals surface area contributed by atoms with Crippen LogP contribution in [0.1, 0.15) is 42.4 Å². The van der Waals surface area contributed by atoms with Gasteiger partial charge in [-0.05, 0) is 31.1 Å². The molecule has 0 unspecified atom stereocenters. The number of benzene rings is 2. The van der Waals surface area contributed by atoms with Crippen LogP contribution in [0.4, 0.5) is 0 Å². The third-order valence-corrected chi connectivity index (χ3v) is 6.49. The number of fused-ring (bicyclic) bond motifs is 3. The second-order valence-corrected chi connectivity index (χ2v) is 8.94. The van der Waals surface area contributed by atoms with Crippen LogP contribution in [0.2, 0.25) is 0 Å². The highest BCUT2D eigenvalue weighted by molar-refractivity contribution is 5.96. The number of aryl methyl sites for hydroxylation is 1. The van der Waals surface area contributed by atoms with E-state index in [1.165, 1.54) is 0 Å². The predicted molar refractivity (Wildman–Crippen MR) is 128 cm³/mol. The van der Waals surface area contributed by atoms with Gasteiger partial charge in [0.25, 0.3) is 0 Å². The highest BCUT2D eigenvalue weighted by Gasteiger charge is 2.50. The van der Waals surface area contributed by atoms with Gasteiger partial charge in [-0.1, -0.05) is 55.0 Å². The zero-order valence-electron chi connectivity index (χ0n) is 19.6. The lowest BCUT2D eigenvalue weighted by atomic mass is 9.77. The fourth-order valence-electron chi connectivity index (χ4n) is 4.80. The normalized spacial score (nSPS) is 22.8. The quantitative estimate of drug-likeness (QED) is 0.557. The summed E-state index contributed by atoms with van der Waals surface area (Å²) in [7, 11) is 0. The fourth-order valence-corrected chi connectivity index (χ4v) is 4.80. The molecule has 0 radical (unpaired) electrons. The molecule has 7 heteroatoms. The number of aliphatic hydroxyl groups excluding tert-OH is 2.